The number of fused-ring (bicyclic) bond motifs is 5. The smallest absolute Gasteiger partial charge is 0.319 e. The molecular formula is C29H33FN8OS. The van der Waals surface area contributed by atoms with Gasteiger partial charge in [0.2, 0.25) is 0 Å². The fourth-order valence-electron chi connectivity index (χ4n) is 7.54. The van der Waals surface area contributed by atoms with Crippen LogP contribution in [-0.4, -0.2) is 75.2 Å². The van der Waals surface area contributed by atoms with Crippen LogP contribution < -0.4 is 20.7 Å². The van der Waals surface area contributed by atoms with Crippen molar-refractivity contribution in [1.29, 1.82) is 0 Å². The van der Waals surface area contributed by atoms with Crippen LogP contribution in [0.3, 0.4) is 0 Å². The van der Waals surface area contributed by atoms with E-state index >= 15 is 4.39 Å². The van der Waals surface area contributed by atoms with Gasteiger partial charge in [0.05, 0.1) is 21.1 Å². The minimum absolute atomic E-state index is 0.0475. The Morgan fingerprint density at radius 2 is 1.88 bits per heavy atom. The number of hydrogen-bond donors (Lipinski definition) is 2. The summed E-state index contributed by atoms with van der Waals surface area (Å²) >= 11 is 1.39. The number of rotatable bonds is 5. The Labute approximate surface area is 236 Å². The molecule has 8 rings (SSSR count). The van der Waals surface area contributed by atoms with Crippen molar-refractivity contribution in [3.05, 3.63) is 29.7 Å². The molecule has 0 unspecified atom stereocenters. The topological polar surface area (TPSA) is 105 Å². The Bertz CT molecular complexity index is 1620. The van der Waals surface area contributed by atoms with Crippen LogP contribution in [0.2, 0.25) is 0 Å². The normalized spacial score (nSPS) is 23.9. The van der Waals surface area contributed by atoms with Gasteiger partial charge in [-0.15, -0.1) is 0 Å². The minimum Gasteiger partial charge on any atom is -0.461 e. The fraction of sp³-hybridized carbons (Fsp3) is 0.517. The minimum atomic E-state index is -0.479. The summed E-state index contributed by atoms with van der Waals surface area (Å²) in [6.45, 7) is 6.35. The SMILES string of the molecule is Cc1ccc2sc(N)nc2c1-c1ncc2c(N3C[C@H]4CC[C@@H](C3)N4)nc(OCC34CCCN3CCC4)nc2c1F. The van der Waals surface area contributed by atoms with E-state index in [4.69, 9.17) is 20.4 Å². The number of nitrogens with zero attached hydrogens (tertiary/aromatic N) is 6. The summed E-state index contributed by atoms with van der Waals surface area (Å²) in [7, 11) is 0. The first kappa shape index (κ1) is 24.6. The molecule has 0 amide bonds. The molecule has 11 heteroatoms. The zero-order valence-corrected chi connectivity index (χ0v) is 23.4. The van der Waals surface area contributed by atoms with Gasteiger partial charge in [-0.3, -0.25) is 9.88 Å². The van der Waals surface area contributed by atoms with Crippen LogP contribution in [0.25, 0.3) is 32.4 Å². The van der Waals surface area contributed by atoms with Crippen molar-refractivity contribution in [2.75, 3.05) is 43.4 Å². The maximum Gasteiger partial charge on any atom is 0.319 e. The van der Waals surface area contributed by atoms with E-state index in [0.29, 0.717) is 46.1 Å². The molecule has 0 aliphatic carbocycles. The Balaban J connectivity index is 1.26. The number of pyridine rings is 1. The molecule has 1 aromatic carbocycles. The highest BCUT2D eigenvalue weighted by molar-refractivity contribution is 7.22. The molecule has 2 atom stereocenters. The van der Waals surface area contributed by atoms with Gasteiger partial charge in [-0.25, -0.2) is 9.37 Å². The summed E-state index contributed by atoms with van der Waals surface area (Å²) in [5.41, 5.74) is 8.75. The Morgan fingerprint density at radius 3 is 2.65 bits per heavy atom. The first-order valence-corrected chi connectivity index (χ1v) is 15.2. The van der Waals surface area contributed by atoms with Crippen LogP contribution in [0.15, 0.2) is 18.3 Å². The number of aryl methyl sites for hydroxylation is 1. The molecule has 9 nitrogen and oxygen atoms in total. The molecule has 4 aliphatic rings. The first-order valence-electron chi connectivity index (χ1n) is 14.4. The lowest BCUT2D eigenvalue weighted by atomic mass is 9.95. The number of halogens is 1. The second-order valence-electron chi connectivity index (χ2n) is 11.9. The summed E-state index contributed by atoms with van der Waals surface area (Å²) in [6, 6.07) is 4.99. The predicted octanol–water partition coefficient (Wildman–Crippen LogP) is 4.28. The molecule has 4 aliphatic heterocycles. The van der Waals surface area contributed by atoms with E-state index in [2.05, 4.69) is 25.1 Å². The van der Waals surface area contributed by atoms with Gasteiger partial charge in [-0.1, -0.05) is 17.4 Å². The molecule has 4 saturated heterocycles. The van der Waals surface area contributed by atoms with Crippen molar-refractivity contribution in [3.8, 4) is 17.3 Å². The van der Waals surface area contributed by atoms with E-state index in [9.17, 15) is 0 Å². The van der Waals surface area contributed by atoms with Crippen molar-refractivity contribution in [2.45, 2.75) is 63.1 Å². The van der Waals surface area contributed by atoms with Crippen LogP contribution in [0.5, 0.6) is 6.01 Å². The average molecular weight is 561 g/mol. The maximum atomic E-state index is 16.6. The van der Waals surface area contributed by atoms with Crippen molar-refractivity contribution < 1.29 is 9.13 Å². The Kier molecular flexibility index (Phi) is 5.66. The van der Waals surface area contributed by atoms with Crippen LogP contribution >= 0.6 is 11.3 Å². The Hall–Kier alpha value is -3.15. The molecule has 208 valence electrons. The van der Waals surface area contributed by atoms with E-state index in [1.54, 1.807) is 6.20 Å². The first-order chi connectivity index (χ1) is 19.5. The molecule has 0 radical (unpaired) electrons. The summed E-state index contributed by atoms with van der Waals surface area (Å²) in [4.78, 5) is 23.6. The van der Waals surface area contributed by atoms with Gasteiger partial charge in [0.25, 0.3) is 0 Å². The van der Waals surface area contributed by atoms with E-state index in [1.807, 2.05) is 19.1 Å². The fourth-order valence-corrected chi connectivity index (χ4v) is 8.28. The molecule has 2 bridgehead atoms. The lowest BCUT2D eigenvalue weighted by molar-refractivity contribution is 0.108. The predicted molar refractivity (Wildman–Crippen MR) is 155 cm³/mol. The highest BCUT2D eigenvalue weighted by Gasteiger charge is 2.45. The molecule has 4 aromatic rings. The third kappa shape index (κ3) is 3.85. The van der Waals surface area contributed by atoms with E-state index in [-0.39, 0.29) is 22.8 Å². The van der Waals surface area contributed by atoms with Crippen LogP contribution in [-0.2, 0) is 0 Å². The van der Waals surface area contributed by atoms with Gasteiger partial charge in [0.15, 0.2) is 10.9 Å². The summed E-state index contributed by atoms with van der Waals surface area (Å²) in [5, 5.41) is 4.74. The quantitative estimate of drug-likeness (QED) is 0.370. The Morgan fingerprint density at radius 1 is 1.10 bits per heavy atom. The number of nitrogens with one attached hydrogen (secondary N) is 1. The number of nitrogens with two attached hydrogens (primary N) is 1. The van der Waals surface area contributed by atoms with Crippen molar-refractivity contribution in [1.82, 2.24) is 30.2 Å². The number of nitrogen functional groups attached to an aromatic ring is 1. The number of aromatic nitrogens is 4. The number of thiazole rings is 1. The molecule has 0 spiro atoms. The van der Waals surface area contributed by atoms with Gasteiger partial charge in [0, 0.05) is 36.9 Å². The van der Waals surface area contributed by atoms with Gasteiger partial charge < -0.3 is 20.7 Å². The molecular weight excluding hydrogens is 527 g/mol. The van der Waals surface area contributed by atoms with Crippen LogP contribution in [0.4, 0.5) is 15.3 Å². The number of hydrogen-bond acceptors (Lipinski definition) is 10. The number of ether oxygens (including phenoxy) is 1. The molecule has 7 heterocycles. The largest absolute Gasteiger partial charge is 0.461 e. The average Bonchev–Trinajstić information content (AvgIpc) is 3.71. The third-order valence-corrected chi connectivity index (χ3v) is 10.3. The monoisotopic (exact) mass is 560 g/mol. The van der Waals surface area contributed by atoms with Gasteiger partial charge >= 0.3 is 6.01 Å². The standard InChI is InChI=1S/C29H33FN8OS/c1-16-4-7-20-24(34-27(31)40-20)21(16)25-22(30)23-19(12-32-25)26(37-13-17-5-6-18(14-37)33-17)36-28(35-23)39-15-29-8-2-10-38(29)11-3-9-29/h4,7,12,17-18,33H,2-3,5-6,8-11,13-15H2,1H3,(H2,31,34)/t17-,18+. The second-order valence-corrected chi connectivity index (χ2v) is 13.0. The molecule has 3 aromatic heterocycles. The number of anilines is 2. The highest BCUT2D eigenvalue weighted by atomic mass is 32.1. The van der Waals surface area contributed by atoms with Crippen molar-refractivity contribution in [3.63, 3.8) is 0 Å². The lowest BCUT2D eigenvalue weighted by Gasteiger charge is -2.34. The highest BCUT2D eigenvalue weighted by Crippen LogP contribution is 2.41. The molecule has 4 fully saturated rings. The van der Waals surface area contributed by atoms with Crippen molar-refractivity contribution in [2.24, 2.45) is 0 Å². The van der Waals surface area contributed by atoms with Crippen molar-refractivity contribution >= 4 is 43.4 Å². The van der Waals surface area contributed by atoms with E-state index < -0.39 is 5.82 Å². The van der Waals surface area contributed by atoms with Gasteiger partial charge in [0.1, 0.15) is 23.6 Å². The van der Waals surface area contributed by atoms with Gasteiger partial charge in [-0.2, -0.15) is 9.97 Å². The third-order valence-electron chi connectivity index (χ3n) is 9.46. The zero-order chi connectivity index (χ0) is 27.0. The molecule has 40 heavy (non-hydrogen) atoms. The second kappa shape index (κ2) is 9.19. The van der Waals surface area contributed by atoms with Crippen LogP contribution in [0, 0.1) is 12.7 Å². The zero-order valence-electron chi connectivity index (χ0n) is 22.6. The summed E-state index contributed by atoms with van der Waals surface area (Å²) in [6.07, 6.45) is 8.62. The van der Waals surface area contributed by atoms with E-state index in [1.165, 1.54) is 24.2 Å². The molecule has 3 N–H and O–H groups in total. The summed E-state index contributed by atoms with van der Waals surface area (Å²) in [5.74, 6) is 0.226. The molecule has 0 saturated carbocycles. The van der Waals surface area contributed by atoms with Crippen LogP contribution in [0.1, 0.15) is 44.1 Å². The number of piperazine rings is 1. The van der Waals surface area contributed by atoms with Gasteiger partial charge in [-0.05, 0) is 70.2 Å². The number of benzene rings is 1. The maximum absolute atomic E-state index is 16.6. The van der Waals surface area contributed by atoms with E-state index in [0.717, 1.165) is 62.1 Å². The summed E-state index contributed by atoms with van der Waals surface area (Å²) < 4.78 is 23.9. The lowest BCUT2D eigenvalue weighted by Crippen LogP contribution is -2.51.